The monoisotopic (exact) mass is 335 g/mol. The number of esters is 1. The number of alkyl halides is 1. The second-order valence-corrected chi connectivity index (χ2v) is 6.23. The third-order valence-corrected chi connectivity index (χ3v) is 4.66. The van der Waals surface area contributed by atoms with Crippen LogP contribution in [0.15, 0.2) is 11.3 Å². The molecule has 18 heavy (non-hydrogen) atoms. The van der Waals surface area contributed by atoms with Crippen LogP contribution in [0.5, 0.6) is 0 Å². The normalized spacial score (nSPS) is 22.3. The van der Waals surface area contributed by atoms with E-state index in [2.05, 4.69) is 20.7 Å². The highest BCUT2D eigenvalue weighted by atomic mass is 79.9. The molecule has 100 valence electrons. The summed E-state index contributed by atoms with van der Waals surface area (Å²) >= 11 is 4.22. The van der Waals surface area contributed by atoms with E-state index in [4.69, 9.17) is 0 Å². The molecule has 1 amide bonds. The lowest BCUT2D eigenvalue weighted by atomic mass is 10.1. The van der Waals surface area contributed by atoms with Crippen molar-refractivity contribution >= 4 is 44.7 Å². The van der Waals surface area contributed by atoms with E-state index < -0.39 is 16.2 Å². The topological polar surface area (TPSA) is 63.7 Å². The summed E-state index contributed by atoms with van der Waals surface area (Å²) in [6.45, 7) is 4.86. The van der Waals surface area contributed by atoms with Crippen molar-refractivity contribution in [3.8, 4) is 0 Å². The molecule has 1 fully saturated rings. The average Bonchev–Trinajstić information content (AvgIpc) is 2.31. The molecule has 1 rings (SSSR count). The van der Waals surface area contributed by atoms with E-state index in [0.29, 0.717) is 5.57 Å². The van der Waals surface area contributed by atoms with Gasteiger partial charge in [-0.1, -0.05) is 27.7 Å². The molecular weight excluding hydrogens is 322 g/mol. The Kier molecular flexibility index (Phi) is 4.98. The first-order chi connectivity index (χ1) is 8.31. The highest BCUT2D eigenvalue weighted by Gasteiger charge is 2.50. The Balaban J connectivity index is 3.05. The van der Waals surface area contributed by atoms with Crippen molar-refractivity contribution < 1.29 is 19.1 Å². The number of β-lactam (4-membered cyclic amide) rings is 1. The fraction of sp³-hybridized carbons (Fsp3) is 0.545. The summed E-state index contributed by atoms with van der Waals surface area (Å²) < 4.78 is 4.67. The van der Waals surface area contributed by atoms with Gasteiger partial charge in [0.1, 0.15) is 15.9 Å². The number of nitrogens with zero attached hydrogens (tertiary/aromatic N) is 1. The van der Waals surface area contributed by atoms with Gasteiger partial charge >= 0.3 is 5.97 Å². The Hall–Kier alpha value is -0.820. The quantitative estimate of drug-likeness (QED) is 0.339. The van der Waals surface area contributed by atoms with Crippen LogP contribution in [0.1, 0.15) is 20.8 Å². The fourth-order valence-electron chi connectivity index (χ4n) is 1.59. The van der Waals surface area contributed by atoms with Gasteiger partial charge in [-0.25, -0.2) is 4.79 Å². The highest BCUT2D eigenvalue weighted by molar-refractivity contribution is 9.10. The van der Waals surface area contributed by atoms with Crippen LogP contribution in [0.3, 0.4) is 0 Å². The van der Waals surface area contributed by atoms with Crippen LogP contribution in [0.2, 0.25) is 0 Å². The summed E-state index contributed by atoms with van der Waals surface area (Å²) in [7, 11) is 1.26. The van der Waals surface area contributed by atoms with Gasteiger partial charge in [-0.05, 0) is 19.4 Å². The van der Waals surface area contributed by atoms with Crippen molar-refractivity contribution in [1.82, 2.24) is 4.90 Å². The van der Waals surface area contributed by atoms with Crippen molar-refractivity contribution in [2.75, 3.05) is 7.11 Å². The van der Waals surface area contributed by atoms with Crippen LogP contribution in [0, 0.1) is 0 Å². The molecule has 1 aliphatic rings. The van der Waals surface area contributed by atoms with Crippen molar-refractivity contribution in [3.63, 3.8) is 0 Å². The molecule has 0 N–H and O–H groups in total. The van der Waals surface area contributed by atoms with Crippen molar-refractivity contribution in [1.29, 1.82) is 0 Å². The SMILES string of the molecule is COC(=O)C(=C(C)C)N1C(=O)C(Br)C1SC(C)=O. The zero-order valence-corrected chi connectivity index (χ0v) is 12.9. The molecular formula is C11H14BrNO4S. The Morgan fingerprint density at radius 2 is 1.89 bits per heavy atom. The molecule has 5 nitrogen and oxygen atoms in total. The van der Waals surface area contributed by atoms with Crippen LogP contribution < -0.4 is 0 Å². The molecule has 0 aromatic carbocycles. The van der Waals surface area contributed by atoms with Gasteiger partial charge < -0.3 is 4.74 Å². The lowest BCUT2D eigenvalue weighted by Crippen LogP contribution is -2.61. The predicted molar refractivity (Wildman–Crippen MR) is 72.0 cm³/mol. The van der Waals surface area contributed by atoms with Crippen molar-refractivity contribution in [2.45, 2.75) is 31.0 Å². The summed E-state index contributed by atoms with van der Waals surface area (Å²) in [5.74, 6) is -0.813. The number of thioether (sulfide) groups is 1. The second kappa shape index (κ2) is 5.88. The number of likely N-dealkylation sites (tertiary alicyclic amines) is 1. The third kappa shape index (κ3) is 2.77. The van der Waals surface area contributed by atoms with Gasteiger partial charge in [-0.3, -0.25) is 14.5 Å². The zero-order valence-electron chi connectivity index (χ0n) is 10.5. The van der Waals surface area contributed by atoms with E-state index in [-0.39, 0.29) is 16.7 Å². The molecule has 1 aliphatic heterocycles. The molecule has 1 saturated heterocycles. The minimum Gasteiger partial charge on any atom is -0.464 e. The largest absolute Gasteiger partial charge is 0.464 e. The molecule has 1 heterocycles. The van der Waals surface area contributed by atoms with Crippen LogP contribution in [-0.4, -0.2) is 39.2 Å². The van der Waals surface area contributed by atoms with Gasteiger partial charge in [0.2, 0.25) is 5.91 Å². The maximum absolute atomic E-state index is 11.8. The van der Waals surface area contributed by atoms with Crippen LogP contribution in [0.4, 0.5) is 0 Å². The average molecular weight is 336 g/mol. The summed E-state index contributed by atoms with van der Waals surface area (Å²) in [6.07, 6.45) is 0. The van der Waals surface area contributed by atoms with E-state index in [0.717, 1.165) is 11.8 Å². The second-order valence-electron chi connectivity index (χ2n) is 3.95. The molecule has 2 atom stereocenters. The van der Waals surface area contributed by atoms with Gasteiger partial charge in [0.25, 0.3) is 0 Å². The summed E-state index contributed by atoms with van der Waals surface area (Å²) in [5, 5.41) is -0.515. The molecule has 2 unspecified atom stereocenters. The van der Waals surface area contributed by atoms with Crippen LogP contribution in [-0.2, 0) is 19.1 Å². The first-order valence-electron chi connectivity index (χ1n) is 5.21. The first-order valence-corrected chi connectivity index (χ1v) is 7.01. The van der Waals surface area contributed by atoms with Crippen LogP contribution in [0.25, 0.3) is 0 Å². The standard InChI is InChI=1S/C11H14BrNO4S/c1-5(2)8(11(16)17-4)13-9(15)7(12)10(13)18-6(3)14/h7,10H,1-4H3. The number of rotatable bonds is 3. The Bertz CT molecular complexity index is 431. The predicted octanol–water partition coefficient (Wildman–Crippen LogP) is 1.66. The summed E-state index contributed by atoms with van der Waals surface area (Å²) in [6, 6.07) is 0. The van der Waals surface area contributed by atoms with Gasteiger partial charge in [0, 0.05) is 6.92 Å². The van der Waals surface area contributed by atoms with Gasteiger partial charge in [-0.15, -0.1) is 0 Å². The number of amides is 1. The van der Waals surface area contributed by atoms with E-state index in [1.165, 1.54) is 18.9 Å². The summed E-state index contributed by atoms with van der Waals surface area (Å²) in [5.41, 5.74) is 0.876. The maximum atomic E-state index is 11.8. The molecule has 0 radical (unpaired) electrons. The van der Waals surface area contributed by atoms with E-state index in [1.54, 1.807) is 13.8 Å². The highest BCUT2D eigenvalue weighted by Crippen LogP contribution is 2.39. The fourth-order valence-corrected chi connectivity index (χ4v) is 3.26. The first kappa shape index (κ1) is 15.2. The number of halogens is 1. The van der Waals surface area contributed by atoms with Gasteiger partial charge in [-0.2, -0.15) is 0 Å². The molecule has 0 bridgehead atoms. The third-order valence-electron chi connectivity index (χ3n) is 2.36. The number of hydrogen-bond acceptors (Lipinski definition) is 5. The van der Waals surface area contributed by atoms with E-state index in [1.807, 2.05) is 0 Å². The number of allylic oxidation sites excluding steroid dienone is 1. The molecule has 0 aromatic heterocycles. The number of hydrogen-bond donors (Lipinski definition) is 0. The lowest BCUT2D eigenvalue weighted by Gasteiger charge is -2.44. The van der Waals surface area contributed by atoms with E-state index >= 15 is 0 Å². The molecule has 0 spiro atoms. The van der Waals surface area contributed by atoms with Gasteiger partial charge in [0.15, 0.2) is 5.12 Å². The van der Waals surface area contributed by atoms with E-state index in [9.17, 15) is 14.4 Å². The minimum atomic E-state index is -0.572. The maximum Gasteiger partial charge on any atom is 0.354 e. The summed E-state index contributed by atoms with van der Waals surface area (Å²) in [4.78, 5) is 35.5. The van der Waals surface area contributed by atoms with Crippen LogP contribution >= 0.6 is 27.7 Å². The minimum absolute atomic E-state index is 0.111. The van der Waals surface area contributed by atoms with Crippen molar-refractivity contribution in [2.24, 2.45) is 0 Å². The molecule has 0 aliphatic carbocycles. The van der Waals surface area contributed by atoms with Crippen molar-refractivity contribution in [3.05, 3.63) is 11.3 Å². The number of carbonyl (C=O) groups excluding carboxylic acids is 3. The zero-order chi connectivity index (χ0) is 14.0. The molecule has 7 heteroatoms. The Morgan fingerprint density at radius 1 is 1.33 bits per heavy atom. The number of methoxy groups -OCH3 is 1. The molecule has 0 saturated carbocycles. The van der Waals surface area contributed by atoms with Gasteiger partial charge in [0.05, 0.1) is 7.11 Å². The Morgan fingerprint density at radius 3 is 2.28 bits per heavy atom. The smallest absolute Gasteiger partial charge is 0.354 e. The molecule has 0 aromatic rings. The number of carbonyl (C=O) groups is 3. The lowest BCUT2D eigenvalue weighted by molar-refractivity contribution is -0.146. The Labute approximate surface area is 118 Å². The number of ether oxygens (including phenoxy) is 1.